The Morgan fingerprint density at radius 2 is 1.71 bits per heavy atom. The Kier molecular flexibility index (Phi) is 4.61. The topological polar surface area (TPSA) is 93.8 Å². The number of aromatic nitrogens is 3. The molecule has 0 aliphatic carbocycles. The lowest BCUT2D eigenvalue weighted by Gasteiger charge is -2.08. The van der Waals surface area contributed by atoms with Crippen LogP contribution in [0.5, 0.6) is 0 Å². The van der Waals surface area contributed by atoms with E-state index in [0.717, 1.165) is 17.9 Å². The molecule has 0 spiro atoms. The number of primary sulfonamides is 1. The van der Waals surface area contributed by atoms with Gasteiger partial charge in [0.15, 0.2) is 4.77 Å². The fraction of sp³-hybridized carbons (Fsp3) is 0.125. The van der Waals surface area contributed by atoms with E-state index in [1.54, 1.807) is 16.7 Å². The van der Waals surface area contributed by atoms with Gasteiger partial charge in [-0.3, -0.25) is 9.67 Å². The highest BCUT2D eigenvalue weighted by molar-refractivity contribution is 7.89. The molecule has 3 N–H and O–H groups in total. The quantitative estimate of drug-likeness (QED) is 0.683. The SMILES string of the molecule is NS(=O)(=O)c1ccc(-n2c(CCc3ccccc3)n[nH]c2=S)cc1. The molecule has 0 bridgehead atoms. The molecule has 3 rings (SSSR count). The summed E-state index contributed by atoms with van der Waals surface area (Å²) in [6.07, 6.45) is 1.53. The number of H-pyrrole nitrogens is 1. The molecule has 124 valence electrons. The molecule has 0 fully saturated rings. The van der Waals surface area contributed by atoms with Gasteiger partial charge in [0.25, 0.3) is 0 Å². The van der Waals surface area contributed by atoms with Crippen LogP contribution in [0, 0.1) is 4.77 Å². The number of nitrogens with two attached hydrogens (primary N) is 1. The minimum Gasteiger partial charge on any atom is -0.272 e. The van der Waals surface area contributed by atoms with E-state index in [-0.39, 0.29) is 4.90 Å². The van der Waals surface area contributed by atoms with E-state index in [1.807, 2.05) is 18.2 Å². The van der Waals surface area contributed by atoms with Crippen molar-refractivity contribution in [2.75, 3.05) is 0 Å². The van der Waals surface area contributed by atoms with Gasteiger partial charge < -0.3 is 0 Å². The molecule has 0 saturated carbocycles. The van der Waals surface area contributed by atoms with Crippen molar-refractivity contribution in [1.29, 1.82) is 0 Å². The van der Waals surface area contributed by atoms with E-state index in [0.29, 0.717) is 11.2 Å². The third kappa shape index (κ3) is 3.61. The molecule has 0 radical (unpaired) electrons. The van der Waals surface area contributed by atoms with Gasteiger partial charge in [0.1, 0.15) is 5.82 Å². The lowest BCUT2D eigenvalue weighted by Crippen LogP contribution is -2.12. The molecule has 8 heteroatoms. The second kappa shape index (κ2) is 6.68. The normalized spacial score (nSPS) is 11.5. The highest BCUT2D eigenvalue weighted by atomic mass is 32.2. The number of nitrogens with one attached hydrogen (secondary N) is 1. The summed E-state index contributed by atoms with van der Waals surface area (Å²) in [5, 5.41) is 12.2. The van der Waals surface area contributed by atoms with Gasteiger partial charge in [-0.25, -0.2) is 13.6 Å². The average Bonchev–Trinajstić information content (AvgIpc) is 2.94. The zero-order valence-corrected chi connectivity index (χ0v) is 14.3. The van der Waals surface area contributed by atoms with E-state index in [4.69, 9.17) is 17.4 Å². The first-order valence-corrected chi connectivity index (χ1v) is 9.24. The predicted octanol–water partition coefficient (Wildman–Crippen LogP) is 2.36. The summed E-state index contributed by atoms with van der Waals surface area (Å²) >= 11 is 5.29. The van der Waals surface area contributed by atoms with Crippen LogP contribution in [-0.2, 0) is 22.9 Å². The maximum Gasteiger partial charge on any atom is 0.238 e. The van der Waals surface area contributed by atoms with Gasteiger partial charge in [0.05, 0.1) is 4.90 Å². The van der Waals surface area contributed by atoms with Crippen LogP contribution in [0.2, 0.25) is 0 Å². The lowest BCUT2D eigenvalue weighted by atomic mass is 10.1. The van der Waals surface area contributed by atoms with Crippen molar-refractivity contribution in [2.24, 2.45) is 5.14 Å². The second-order valence-corrected chi connectivity index (χ2v) is 7.25. The Labute approximate surface area is 145 Å². The van der Waals surface area contributed by atoms with Crippen LogP contribution in [0.4, 0.5) is 0 Å². The summed E-state index contributed by atoms with van der Waals surface area (Å²) in [6, 6.07) is 16.3. The highest BCUT2D eigenvalue weighted by Gasteiger charge is 2.11. The van der Waals surface area contributed by atoms with Crippen LogP contribution in [0.15, 0.2) is 59.5 Å². The second-order valence-electron chi connectivity index (χ2n) is 5.30. The summed E-state index contributed by atoms with van der Waals surface area (Å²) in [6.45, 7) is 0. The fourth-order valence-corrected chi connectivity index (χ4v) is 3.22. The number of sulfonamides is 1. The highest BCUT2D eigenvalue weighted by Crippen LogP contribution is 2.16. The van der Waals surface area contributed by atoms with Gasteiger partial charge >= 0.3 is 0 Å². The maximum atomic E-state index is 11.4. The van der Waals surface area contributed by atoms with Crippen LogP contribution in [0.25, 0.3) is 5.69 Å². The molecule has 0 saturated heterocycles. The Morgan fingerprint density at radius 3 is 2.33 bits per heavy atom. The van der Waals surface area contributed by atoms with Crippen molar-refractivity contribution in [1.82, 2.24) is 14.8 Å². The van der Waals surface area contributed by atoms with Gasteiger partial charge in [-0.1, -0.05) is 30.3 Å². The van der Waals surface area contributed by atoms with Crippen molar-refractivity contribution in [3.8, 4) is 5.69 Å². The van der Waals surface area contributed by atoms with Gasteiger partial charge in [-0.2, -0.15) is 5.10 Å². The Morgan fingerprint density at radius 1 is 1.04 bits per heavy atom. The Bertz CT molecular complexity index is 991. The van der Waals surface area contributed by atoms with Crippen molar-refractivity contribution in [2.45, 2.75) is 17.7 Å². The zero-order chi connectivity index (χ0) is 17.2. The molecule has 6 nitrogen and oxygen atoms in total. The van der Waals surface area contributed by atoms with Crippen LogP contribution < -0.4 is 5.14 Å². The third-order valence-electron chi connectivity index (χ3n) is 3.65. The van der Waals surface area contributed by atoms with Gasteiger partial charge in [0, 0.05) is 12.1 Å². The molecule has 0 amide bonds. The number of hydrogen-bond acceptors (Lipinski definition) is 4. The van der Waals surface area contributed by atoms with Gasteiger partial charge in [-0.05, 0) is 48.5 Å². The van der Waals surface area contributed by atoms with Gasteiger partial charge in [-0.15, -0.1) is 0 Å². The Balaban J connectivity index is 1.89. The molecule has 0 atom stereocenters. The fourth-order valence-electron chi connectivity index (χ4n) is 2.45. The summed E-state index contributed by atoms with van der Waals surface area (Å²) < 4.78 is 25.0. The summed E-state index contributed by atoms with van der Waals surface area (Å²) in [7, 11) is -3.71. The largest absolute Gasteiger partial charge is 0.272 e. The van der Waals surface area contributed by atoms with Crippen molar-refractivity contribution in [3.63, 3.8) is 0 Å². The van der Waals surface area contributed by atoms with Crippen molar-refractivity contribution in [3.05, 3.63) is 70.8 Å². The van der Waals surface area contributed by atoms with Crippen LogP contribution in [0.3, 0.4) is 0 Å². The number of rotatable bonds is 5. The summed E-state index contributed by atoms with van der Waals surface area (Å²) in [4.78, 5) is 0.0621. The molecule has 0 aliphatic rings. The standard InChI is InChI=1S/C16H16N4O2S2/c17-24(21,22)14-9-7-13(8-10-14)20-15(18-19-16(20)23)11-6-12-4-2-1-3-5-12/h1-5,7-10H,6,11H2,(H,19,23)(H2,17,21,22). The van der Waals surface area contributed by atoms with Crippen LogP contribution in [-0.4, -0.2) is 23.2 Å². The molecule has 1 aromatic heterocycles. The number of aryl methyl sites for hydroxylation is 2. The molecule has 0 aliphatic heterocycles. The van der Waals surface area contributed by atoms with Gasteiger partial charge in [0.2, 0.25) is 10.0 Å². The van der Waals surface area contributed by atoms with Crippen molar-refractivity contribution < 1.29 is 8.42 Å². The first-order valence-electron chi connectivity index (χ1n) is 7.28. The first-order chi connectivity index (χ1) is 11.4. The molecule has 0 unspecified atom stereocenters. The molecule has 2 aromatic carbocycles. The van der Waals surface area contributed by atoms with E-state index in [1.165, 1.54) is 17.7 Å². The van der Waals surface area contributed by atoms with E-state index in [9.17, 15) is 8.42 Å². The average molecular weight is 360 g/mol. The molecule has 3 aromatic rings. The minimum atomic E-state index is -3.71. The Hall–Kier alpha value is -2.29. The molecule has 24 heavy (non-hydrogen) atoms. The predicted molar refractivity (Wildman–Crippen MR) is 94.0 cm³/mol. The zero-order valence-electron chi connectivity index (χ0n) is 12.7. The summed E-state index contributed by atoms with van der Waals surface area (Å²) in [5.41, 5.74) is 1.95. The smallest absolute Gasteiger partial charge is 0.238 e. The van der Waals surface area contributed by atoms with Crippen LogP contribution >= 0.6 is 12.2 Å². The lowest BCUT2D eigenvalue weighted by molar-refractivity contribution is 0.598. The maximum absolute atomic E-state index is 11.4. The molecular formula is C16H16N4O2S2. The van der Waals surface area contributed by atoms with Crippen LogP contribution in [0.1, 0.15) is 11.4 Å². The third-order valence-corrected chi connectivity index (χ3v) is 4.85. The number of benzene rings is 2. The number of aromatic amines is 1. The van der Waals surface area contributed by atoms with E-state index >= 15 is 0 Å². The monoisotopic (exact) mass is 360 g/mol. The van der Waals surface area contributed by atoms with E-state index in [2.05, 4.69) is 22.3 Å². The molecular weight excluding hydrogens is 344 g/mol. The number of nitrogens with zero attached hydrogens (tertiary/aromatic N) is 2. The first kappa shape index (κ1) is 16.6. The number of hydrogen-bond donors (Lipinski definition) is 2. The summed E-state index contributed by atoms with van der Waals surface area (Å²) in [5.74, 6) is 0.784. The molecule has 1 heterocycles. The van der Waals surface area contributed by atoms with Crippen molar-refractivity contribution >= 4 is 22.2 Å². The van der Waals surface area contributed by atoms with E-state index < -0.39 is 10.0 Å². The minimum absolute atomic E-state index is 0.0621.